The molecule has 210 valence electrons. The lowest BCUT2D eigenvalue weighted by molar-refractivity contribution is -0.146. The van der Waals surface area contributed by atoms with E-state index in [4.69, 9.17) is 4.74 Å². The molecule has 1 N–H and O–H groups in total. The lowest BCUT2D eigenvalue weighted by Gasteiger charge is -2.34. The molecule has 1 aliphatic heterocycles. The summed E-state index contributed by atoms with van der Waals surface area (Å²) in [6, 6.07) is 13.3. The van der Waals surface area contributed by atoms with Crippen LogP contribution >= 0.6 is 0 Å². The van der Waals surface area contributed by atoms with Crippen molar-refractivity contribution in [2.45, 2.75) is 98.5 Å². The molecule has 1 atom stereocenters. The van der Waals surface area contributed by atoms with Crippen LogP contribution in [0, 0.1) is 26.7 Å². The Labute approximate surface area is 232 Å². The van der Waals surface area contributed by atoms with Crippen LogP contribution < -0.4 is 4.74 Å². The Bertz CT molecular complexity index is 989. The number of aryl methyl sites for hydroxylation is 2. The van der Waals surface area contributed by atoms with Gasteiger partial charge >= 0.3 is 5.97 Å². The third-order valence-electron chi connectivity index (χ3n) is 6.57. The molecule has 3 rings (SSSR count). The number of carbonyl (C=O) groups excluding carboxylic acids is 1. The maximum atomic E-state index is 10.2. The van der Waals surface area contributed by atoms with E-state index >= 15 is 0 Å². The predicted octanol–water partition coefficient (Wildman–Crippen LogP) is 8.19. The zero-order valence-electron chi connectivity index (χ0n) is 25.0. The third kappa shape index (κ3) is 10.8. The van der Waals surface area contributed by atoms with Crippen molar-refractivity contribution in [1.29, 1.82) is 0 Å². The van der Waals surface area contributed by atoms with Crippen molar-refractivity contribution < 1.29 is 19.4 Å². The Kier molecular flexibility index (Phi) is 17.6. The fourth-order valence-electron chi connectivity index (χ4n) is 4.44. The summed E-state index contributed by atoms with van der Waals surface area (Å²) in [5.74, 6) is 0.899. The van der Waals surface area contributed by atoms with Gasteiger partial charge in [0.1, 0.15) is 5.75 Å². The van der Waals surface area contributed by atoms with Crippen LogP contribution in [-0.2, 0) is 14.9 Å². The molecule has 1 fully saturated rings. The third-order valence-corrected chi connectivity index (χ3v) is 6.57. The number of hydrogen-bond acceptors (Lipinski definition) is 4. The molecule has 38 heavy (non-hydrogen) atoms. The summed E-state index contributed by atoms with van der Waals surface area (Å²) < 4.78 is 10.1. The number of rotatable bonds is 7. The smallest absolute Gasteiger partial charge is 0.305 e. The van der Waals surface area contributed by atoms with Crippen molar-refractivity contribution in [3.8, 4) is 18.6 Å². The van der Waals surface area contributed by atoms with E-state index in [9.17, 15) is 9.90 Å². The Morgan fingerprint density at radius 3 is 1.92 bits per heavy atom. The van der Waals surface area contributed by atoms with Gasteiger partial charge in [0.05, 0.1) is 19.8 Å². The quantitative estimate of drug-likeness (QED) is 0.294. The summed E-state index contributed by atoms with van der Waals surface area (Å²) in [6.07, 6.45) is 17.4. The summed E-state index contributed by atoms with van der Waals surface area (Å²) in [5.41, 5.74) is 6.24. The Morgan fingerprint density at radius 2 is 1.55 bits per heavy atom. The topological polar surface area (TPSA) is 55.8 Å². The largest absolute Gasteiger partial charge is 0.496 e. The maximum Gasteiger partial charge on any atom is 0.305 e. The summed E-state index contributed by atoms with van der Waals surface area (Å²) >= 11 is 0. The van der Waals surface area contributed by atoms with Gasteiger partial charge in [-0.2, -0.15) is 0 Å². The number of cyclic esters (lactones) is 1. The highest BCUT2D eigenvalue weighted by atomic mass is 16.5. The number of terminal acetylenes is 1. The summed E-state index contributed by atoms with van der Waals surface area (Å²) in [7, 11) is 1.72. The van der Waals surface area contributed by atoms with Crippen LogP contribution in [0.3, 0.4) is 0 Å². The van der Waals surface area contributed by atoms with Crippen LogP contribution in [0.2, 0.25) is 0 Å². The van der Waals surface area contributed by atoms with Gasteiger partial charge in [0, 0.05) is 11.8 Å². The average Bonchev–Trinajstić information content (AvgIpc) is 2.92. The van der Waals surface area contributed by atoms with Crippen LogP contribution in [0.25, 0.3) is 6.08 Å². The van der Waals surface area contributed by atoms with Gasteiger partial charge in [0.2, 0.25) is 0 Å². The zero-order chi connectivity index (χ0) is 29.1. The molecule has 1 heterocycles. The molecule has 0 aromatic heterocycles. The van der Waals surface area contributed by atoms with Gasteiger partial charge in [-0.05, 0) is 80.3 Å². The van der Waals surface area contributed by atoms with Crippen LogP contribution in [0.4, 0.5) is 0 Å². The molecule has 1 saturated heterocycles. The Balaban J connectivity index is 0.000000947. The minimum Gasteiger partial charge on any atom is -0.496 e. The van der Waals surface area contributed by atoms with Crippen LogP contribution in [0.5, 0.6) is 5.75 Å². The van der Waals surface area contributed by atoms with Gasteiger partial charge < -0.3 is 14.6 Å². The number of hydrogen-bond donors (Lipinski definition) is 1. The maximum absolute atomic E-state index is 10.2. The van der Waals surface area contributed by atoms with Crippen molar-refractivity contribution in [2.75, 3.05) is 13.7 Å². The first-order chi connectivity index (χ1) is 18.2. The van der Waals surface area contributed by atoms with E-state index in [0.717, 1.165) is 37.0 Å². The normalized spacial score (nSPS) is 13.5. The van der Waals surface area contributed by atoms with Crippen LogP contribution in [-0.4, -0.2) is 30.9 Å². The van der Waals surface area contributed by atoms with E-state index < -0.39 is 6.10 Å². The first-order valence-corrected chi connectivity index (χ1v) is 13.8. The predicted molar refractivity (Wildman–Crippen MR) is 162 cm³/mol. The lowest BCUT2D eigenvalue weighted by atomic mass is 9.70. The van der Waals surface area contributed by atoms with Crippen molar-refractivity contribution in [3.63, 3.8) is 0 Å². The summed E-state index contributed by atoms with van der Waals surface area (Å²) in [6.45, 7) is 15.4. The van der Waals surface area contributed by atoms with E-state index in [2.05, 4.69) is 95.5 Å². The minimum atomic E-state index is -0.429. The fraction of sp³-hybridized carbons (Fsp3) is 0.500. The van der Waals surface area contributed by atoms with Crippen molar-refractivity contribution in [1.82, 2.24) is 0 Å². The lowest BCUT2D eigenvalue weighted by Crippen LogP contribution is -2.26. The van der Waals surface area contributed by atoms with Crippen molar-refractivity contribution in [3.05, 3.63) is 70.3 Å². The second-order valence-corrected chi connectivity index (χ2v) is 9.53. The Hall–Kier alpha value is -3.03. The number of esters is 1. The molecule has 0 spiro atoms. The van der Waals surface area contributed by atoms with Gasteiger partial charge in [-0.1, -0.05) is 76.6 Å². The minimum absolute atomic E-state index is 0.00565. The number of methoxy groups -OCH3 is 1. The monoisotopic (exact) mass is 522 g/mol. The van der Waals surface area contributed by atoms with Crippen molar-refractivity contribution in [2.24, 2.45) is 0 Å². The Morgan fingerprint density at radius 1 is 1.00 bits per heavy atom. The molecule has 0 amide bonds. The van der Waals surface area contributed by atoms with E-state index in [0.29, 0.717) is 13.0 Å². The SMILES string of the molecule is C#C.CCC.CCC(CC)(c1ccc(/C=C/C(C)O)c(C)c1)c1ccc(OC)c(C)c1.O=C1CCCCO1. The van der Waals surface area contributed by atoms with E-state index in [1.807, 2.05) is 12.2 Å². The molecule has 0 saturated carbocycles. The average molecular weight is 523 g/mol. The second kappa shape index (κ2) is 19.1. The molecule has 4 nitrogen and oxygen atoms in total. The fourth-order valence-corrected chi connectivity index (χ4v) is 4.44. The van der Waals surface area contributed by atoms with E-state index in [1.165, 1.54) is 28.7 Å². The van der Waals surface area contributed by atoms with E-state index in [1.54, 1.807) is 14.0 Å². The number of carbonyl (C=O) groups is 1. The van der Waals surface area contributed by atoms with Gasteiger partial charge in [0.15, 0.2) is 0 Å². The zero-order valence-corrected chi connectivity index (χ0v) is 25.0. The summed E-state index contributed by atoms with van der Waals surface area (Å²) in [4.78, 5) is 10.2. The van der Waals surface area contributed by atoms with Gasteiger partial charge in [-0.25, -0.2) is 0 Å². The molecule has 0 radical (unpaired) electrons. The number of ether oxygens (including phenoxy) is 2. The van der Waals surface area contributed by atoms with Crippen LogP contribution in [0.15, 0.2) is 42.5 Å². The van der Waals surface area contributed by atoms with Gasteiger partial charge in [0.25, 0.3) is 0 Å². The first kappa shape index (κ1) is 35.0. The number of benzene rings is 2. The molecular formula is C34H50O4. The van der Waals surface area contributed by atoms with E-state index in [-0.39, 0.29) is 11.4 Å². The highest BCUT2D eigenvalue weighted by Crippen LogP contribution is 2.41. The number of aliphatic hydroxyl groups excluding tert-OH is 1. The molecule has 4 heteroatoms. The van der Waals surface area contributed by atoms with Gasteiger partial charge in [-0.3, -0.25) is 4.79 Å². The molecule has 1 unspecified atom stereocenters. The highest BCUT2D eigenvalue weighted by Gasteiger charge is 2.31. The number of aliphatic hydroxyl groups is 1. The van der Waals surface area contributed by atoms with Crippen molar-refractivity contribution >= 4 is 12.0 Å². The van der Waals surface area contributed by atoms with Crippen LogP contribution in [0.1, 0.15) is 101 Å². The molecule has 2 aromatic carbocycles. The highest BCUT2D eigenvalue weighted by molar-refractivity contribution is 5.69. The molecule has 0 aliphatic carbocycles. The molecule has 2 aromatic rings. The molecule has 0 bridgehead atoms. The standard InChI is InChI=1S/C24H32O2.C5H8O2.C3H8.C2H2/c1-7-24(8-2,22-13-14-23(26-6)18(4)16-22)21-12-11-20(17(3)15-21)10-9-19(5)25;6-5-3-1-2-4-7-5;1-3-2;1-2/h9-16,19,25H,7-8H2,1-6H3;1-4H2;3H2,1-2H3;1-2H/b10-9+;;;. The second-order valence-electron chi connectivity index (χ2n) is 9.53. The van der Waals surface area contributed by atoms with Gasteiger partial charge in [-0.15, -0.1) is 12.8 Å². The summed E-state index contributed by atoms with van der Waals surface area (Å²) in [5, 5.41) is 9.48. The first-order valence-electron chi connectivity index (χ1n) is 13.8. The molecular weight excluding hydrogens is 472 g/mol. The molecule has 1 aliphatic rings.